The van der Waals surface area contributed by atoms with Crippen LogP contribution in [0.5, 0.6) is 0 Å². The van der Waals surface area contributed by atoms with Gasteiger partial charge >= 0.3 is 0 Å². The first kappa shape index (κ1) is 38.9. The van der Waals surface area contributed by atoms with E-state index in [4.69, 9.17) is 0 Å². The van der Waals surface area contributed by atoms with E-state index in [1.807, 2.05) is 11.3 Å². The van der Waals surface area contributed by atoms with Crippen LogP contribution in [-0.2, 0) is 10.8 Å². The number of hydrogen-bond donors (Lipinski definition) is 0. The average Bonchev–Trinajstić information content (AvgIpc) is 3.91. The molecule has 0 saturated heterocycles. The van der Waals surface area contributed by atoms with Gasteiger partial charge in [-0.1, -0.05) is 196 Å². The topological polar surface area (TPSA) is 3.24 Å². The van der Waals surface area contributed by atoms with Crippen molar-refractivity contribution < 1.29 is 0 Å². The highest BCUT2D eigenvalue weighted by molar-refractivity contribution is 7.26. The number of anilines is 3. The van der Waals surface area contributed by atoms with Crippen LogP contribution in [0.2, 0.25) is 0 Å². The van der Waals surface area contributed by atoms with Gasteiger partial charge in [0.1, 0.15) is 0 Å². The Labute approximate surface area is 391 Å². The minimum Gasteiger partial charge on any atom is -0.311 e. The first-order valence-electron chi connectivity index (χ1n) is 23.3. The van der Waals surface area contributed by atoms with Gasteiger partial charge in [-0.2, -0.15) is 0 Å². The standard InChI is InChI=1S/C64H47NS/c1-63(2)55-24-9-11-26-57(55)64(58-27-12-10-25-56(58)63)54-23-8-6-19-53(54)61-49(20-15-28-59(61)64)44-32-38-47(39-33-44)65(46-36-30-43(31-37-46)42-16-4-3-5-17-42)48-40-34-45(35-41-48)50-21-14-22-52-51-18-7-13-29-60(51)66-62(50)52/h3-4,6-16,18-41H,5,17H2,1-2H3. The molecule has 0 N–H and O–H groups in total. The van der Waals surface area contributed by atoms with Crippen molar-refractivity contribution in [3.05, 3.63) is 263 Å². The normalized spacial score (nSPS) is 15.0. The number of fused-ring (bicyclic) bond motifs is 12. The SMILES string of the molecule is CC1(C)c2ccccc2C2(c3ccccc3-c3c(-c4ccc(N(c5ccc(C6=CC=CCC6)cc5)c5ccc(-c6cccc7c6sc6ccccc67)cc5)cc4)cccc32)c2ccccc21. The first-order chi connectivity index (χ1) is 32.5. The van der Waals surface area contributed by atoms with Crippen molar-refractivity contribution in [2.75, 3.05) is 4.90 Å². The zero-order chi connectivity index (χ0) is 44.0. The molecule has 0 radical (unpaired) electrons. The average molecular weight is 862 g/mol. The molecule has 1 spiro atoms. The second-order valence-electron chi connectivity index (χ2n) is 18.7. The van der Waals surface area contributed by atoms with Gasteiger partial charge < -0.3 is 4.90 Å². The van der Waals surface area contributed by atoms with Crippen molar-refractivity contribution in [2.24, 2.45) is 0 Å². The molecule has 314 valence electrons. The number of allylic oxidation sites excluding steroid dienone is 4. The molecule has 0 fully saturated rings. The molecule has 1 aromatic heterocycles. The van der Waals surface area contributed by atoms with Crippen LogP contribution in [-0.4, -0.2) is 0 Å². The van der Waals surface area contributed by atoms with Crippen molar-refractivity contribution in [2.45, 2.75) is 37.5 Å². The minimum atomic E-state index is -0.424. The summed E-state index contributed by atoms with van der Waals surface area (Å²) < 4.78 is 2.66. The zero-order valence-electron chi connectivity index (χ0n) is 37.1. The van der Waals surface area contributed by atoms with Crippen LogP contribution in [0.25, 0.3) is 59.1 Å². The summed E-state index contributed by atoms with van der Waals surface area (Å²) in [6.45, 7) is 4.78. The summed E-state index contributed by atoms with van der Waals surface area (Å²) in [7, 11) is 0. The highest BCUT2D eigenvalue weighted by atomic mass is 32.1. The molecule has 0 amide bonds. The van der Waals surface area contributed by atoms with Crippen molar-refractivity contribution in [3.63, 3.8) is 0 Å². The molecular weight excluding hydrogens is 815 g/mol. The van der Waals surface area contributed by atoms with Crippen LogP contribution in [0, 0.1) is 0 Å². The lowest BCUT2D eigenvalue weighted by atomic mass is 9.55. The van der Waals surface area contributed by atoms with Crippen molar-refractivity contribution >= 4 is 54.1 Å². The fraction of sp³-hybridized carbons (Fsp3) is 0.0938. The molecule has 66 heavy (non-hydrogen) atoms. The Balaban J connectivity index is 0.934. The Hall–Kier alpha value is -7.52. The Morgan fingerprint density at radius 2 is 0.924 bits per heavy atom. The molecule has 3 aliphatic carbocycles. The summed E-state index contributed by atoms with van der Waals surface area (Å²) >= 11 is 1.88. The third-order valence-electron chi connectivity index (χ3n) is 14.9. The van der Waals surface area contributed by atoms with Gasteiger partial charge in [-0.3, -0.25) is 0 Å². The van der Waals surface area contributed by atoms with E-state index in [-0.39, 0.29) is 5.41 Å². The second-order valence-corrected chi connectivity index (χ2v) is 19.7. The lowest BCUT2D eigenvalue weighted by molar-refractivity contribution is 0.563. The van der Waals surface area contributed by atoms with E-state index in [0.29, 0.717) is 0 Å². The molecule has 0 aliphatic heterocycles. The molecule has 1 heterocycles. The number of hydrogen-bond acceptors (Lipinski definition) is 2. The van der Waals surface area contributed by atoms with Gasteiger partial charge in [0.25, 0.3) is 0 Å². The van der Waals surface area contributed by atoms with E-state index in [1.165, 1.54) is 98.1 Å². The third-order valence-corrected chi connectivity index (χ3v) is 16.1. The molecule has 0 saturated carbocycles. The molecule has 9 aromatic carbocycles. The number of nitrogens with zero attached hydrogens (tertiary/aromatic N) is 1. The van der Waals surface area contributed by atoms with Crippen LogP contribution in [0.1, 0.15) is 65.6 Å². The van der Waals surface area contributed by atoms with E-state index >= 15 is 0 Å². The molecule has 0 bridgehead atoms. The molecule has 13 rings (SSSR count). The lowest BCUT2D eigenvalue weighted by Crippen LogP contribution is -2.40. The first-order valence-corrected chi connectivity index (χ1v) is 24.1. The van der Waals surface area contributed by atoms with Crippen molar-refractivity contribution in [1.29, 1.82) is 0 Å². The summed E-state index contributed by atoms with van der Waals surface area (Å²) in [5.74, 6) is 0. The summed E-state index contributed by atoms with van der Waals surface area (Å²) in [5, 5.41) is 2.65. The highest BCUT2D eigenvalue weighted by Gasteiger charge is 2.53. The Morgan fingerprint density at radius 3 is 1.58 bits per heavy atom. The molecule has 0 atom stereocenters. The van der Waals surface area contributed by atoms with Gasteiger partial charge in [0.15, 0.2) is 0 Å². The van der Waals surface area contributed by atoms with Crippen molar-refractivity contribution in [3.8, 4) is 33.4 Å². The largest absolute Gasteiger partial charge is 0.311 e. The number of benzene rings is 9. The summed E-state index contributed by atoms with van der Waals surface area (Å²) in [5.41, 5.74) is 21.4. The molecular formula is C64H47NS. The van der Waals surface area contributed by atoms with Gasteiger partial charge in [-0.05, 0) is 133 Å². The van der Waals surface area contributed by atoms with Crippen LogP contribution in [0.15, 0.2) is 224 Å². The molecule has 0 unspecified atom stereocenters. The van der Waals surface area contributed by atoms with E-state index in [9.17, 15) is 0 Å². The van der Waals surface area contributed by atoms with Gasteiger partial charge in [-0.25, -0.2) is 0 Å². The Morgan fingerprint density at radius 1 is 0.424 bits per heavy atom. The molecule has 3 aliphatic rings. The quantitative estimate of drug-likeness (QED) is 0.161. The fourth-order valence-electron chi connectivity index (χ4n) is 11.8. The highest BCUT2D eigenvalue weighted by Crippen LogP contribution is 2.63. The maximum absolute atomic E-state index is 2.41. The summed E-state index contributed by atoms with van der Waals surface area (Å²) in [4.78, 5) is 2.41. The van der Waals surface area contributed by atoms with Crippen molar-refractivity contribution in [1.82, 2.24) is 0 Å². The minimum absolute atomic E-state index is 0.131. The summed E-state index contributed by atoms with van der Waals surface area (Å²) in [6, 6.07) is 77.7. The van der Waals surface area contributed by atoms with E-state index in [2.05, 4.69) is 243 Å². The van der Waals surface area contributed by atoms with Gasteiger partial charge in [0.2, 0.25) is 0 Å². The number of rotatable bonds is 6. The van der Waals surface area contributed by atoms with E-state index < -0.39 is 5.41 Å². The van der Waals surface area contributed by atoms with Crippen LogP contribution < -0.4 is 4.90 Å². The predicted molar refractivity (Wildman–Crippen MR) is 281 cm³/mol. The fourth-order valence-corrected chi connectivity index (χ4v) is 13.1. The van der Waals surface area contributed by atoms with Crippen LogP contribution >= 0.6 is 11.3 Å². The number of thiophene rings is 1. The summed E-state index contributed by atoms with van der Waals surface area (Å²) in [6.07, 6.45) is 8.86. The second kappa shape index (κ2) is 15.0. The molecule has 2 heteroatoms. The maximum Gasteiger partial charge on any atom is 0.0719 e. The third kappa shape index (κ3) is 5.71. The lowest BCUT2D eigenvalue weighted by Gasteiger charge is -2.46. The smallest absolute Gasteiger partial charge is 0.0719 e. The predicted octanol–water partition coefficient (Wildman–Crippen LogP) is 17.6. The van der Waals surface area contributed by atoms with Crippen LogP contribution in [0.4, 0.5) is 17.1 Å². The van der Waals surface area contributed by atoms with Gasteiger partial charge in [0.05, 0.1) is 5.41 Å². The Kier molecular flexibility index (Phi) is 8.85. The van der Waals surface area contributed by atoms with E-state index in [1.54, 1.807) is 0 Å². The van der Waals surface area contributed by atoms with Crippen LogP contribution in [0.3, 0.4) is 0 Å². The van der Waals surface area contributed by atoms with Gasteiger partial charge in [0, 0.05) is 42.6 Å². The monoisotopic (exact) mass is 861 g/mol. The molecule has 10 aromatic rings. The molecule has 1 nitrogen and oxygen atoms in total. The zero-order valence-corrected chi connectivity index (χ0v) is 37.9. The maximum atomic E-state index is 2.41. The van der Waals surface area contributed by atoms with Gasteiger partial charge in [-0.15, -0.1) is 11.3 Å². The van der Waals surface area contributed by atoms with E-state index in [0.717, 1.165) is 29.9 Å². The Bertz CT molecular complexity index is 3550.